The molecule has 2 N–H and O–H groups in total. The van der Waals surface area contributed by atoms with Gasteiger partial charge in [-0.1, -0.05) is 52.0 Å². The molecular formula is C16H25N. The Hall–Kier alpha value is -0.820. The van der Waals surface area contributed by atoms with Crippen molar-refractivity contribution in [1.29, 1.82) is 0 Å². The highest BCUT2D eigenvalue weighted by Gasteiger charge is 2.56. The van der Waals surface area contributed by atoms with Crippen molar-refractivity contribution in [3.05, 3.63) is 35.4 Å². The Kier molecular flexibility index (Phi) is 3.31. The van der Waals surface area contributed by atoms with Crippen LogP contribution in [-0.4, -0.2) is 6.54 Å². The van der Waals surface area contributed by atoms with E-state index in [1.54, 1.807) is 0 Å². The van der Waals surface area contributed by atoms with E-state index in [0.29, 0.717) is 17.3 Å². The molecule has 1 aliphatic rings. The first-order valence-corrected chi connectivity index (χ1v) is 6.75. The van der Waals surface area contributed by atoms with Gasteiger partial charge in [0, 0.05) is 0 Å². The fourth-order valence-electron chi connectivity index (χ4n) is 3.18. The summed E-state index contributed by atoms with van der Waals surface area (Å²) in [4.78, 5) is 0. The average molecular weight is 231 g/mol. The van der Waals surface area contributed by atoms with Crippen molar-refractivity contribution >= 4 is 0 Å². The van der Waals surface area contributed by atoms with E-state index in [1.807, 2.05) is 0 Å². The second-order valence-electron chi connectivity index (χ2n) is 6.48. The molecule has 0 bridgehead atoms. The van der Waals surface area contributed by atoms with Crippen LogP contribution < -0.4 is 5.73 Å². The van der Waals surface area contributed by atoms with Gasteiger partial charge in [-0.25, -0.2) is 0 Å². The summed E-state index contributed by atoms with van der Waals surface area (Å²) in [5.74, 6) is 2.06. The van der Waals surface area contributed by atoms with Gasteiger partial charge in [-0.2, -0.15) is 0 Å². The summed E-state index contributed by atoms with van der Waals surface area (Å²) in [6, 6.07) is 9.19. The Morgan fingerprint density at radius 3 is 2.18 bits per heavy atom. The summed E-state index contributed by atoms with van der Waals surface area (Å²) < 4.78 is 0. The SMILES string of the molecule is CC(C)Cc1ccc([C@@H]2[C@@H](CN)C2(C)C)cc1. The van der Waals surface area contributed by atoms with Gasteiger partial charge >= 0.3 is 0 Å². The standard InChI is InChI=1S/C16H25N/c1-11(2)9-12-5-7-13(8-6-12)15-14(10-17)16(15,3)4/h5-8,11,14-15H,9-10,17H2,1-4H3/t14-,15-/m1/s1. The van der Waals surface area contributed by atoms with Crippen molar-refractivity contribution in [2.75, 3.05) is 6.54 Å². The van der Waals surface area contributed by atoms with E-state index >= 15 is 0 Å². The molecule has 1 aromatic carbocycles. The third kappa shape index (κ3) is 2.40. The molecule has 1 heteroatoms. The van der Waals surface area contributed by atoms with E-state index in [-0.39, 0.29) is 0 Å². The summed E-state index contributed by atoms with van der Waals surface area (Å²) >= 11 is 0. The van der Waals surface area contributed by atoms with Gasteiger partial charge in [-0.15, -0.1) is 0 Å². The number of nitrogens with two attached hydrogens (primary N) is 1. The van der Waals surface area contributed by atoms with Crippen molar-refractivity contribution < 1.29 is 0 Å². The molecule has 1 saturated carbocycles. The predicted molar refractivity (Wildman–Crippen MR) is 74.1 cm³/mol. The zero-order chi connectivity index (χ0) is 12.6. The van der Waals surface area contributed by atoms with Gasteiger partial charge < -0.3 is 5.73 Å². The fourth-order valence-corrected chi connectivity index (χ4v) is 3.18. The molecule has 0 amide bonds. The highest BCUT2D eigenvalue weighted by molar-refractivity contribution is 5.34. The molecule has 0 heterocycles. The van der Waals surface area contributed by atoms with Gasteiger partial charge in [0.25, 0.3) is 0 Å². The lowest BCUT2D eigenvalue weighted by Crippen LogP contribution is -2.05. The maximum absolute atomic E-state index is 5.83. The third-order valence-corrected chi connectivity index (χ3v) is 4.29. The smallest absolute Gasteiger partial charge is 0.00375 e. The summed E-state index contributed by atoms with van der Waals surface area (Å²) in [7, 11) is 0. The van der Waals surface area contributed by atoms with Crippen molar-refractivity contribution in [3.8, 4) is 0 Å². The molecule has 0 aliphatic heterocycles. The minimum atomic E-state index is 0.397. The monoisotopic (exact) mass is 231 g/mol. The normalized spacial score (nSPS) is 26.2. The first-order chi connectivity index (χ1) is 7.96. The molecule has 1 aromatic rings. The summed E-state index contributed by atoms with van der Waals surface area (Å²) in [6.07, 6.45) is 1.18. The summed E-state index contributed by atoms with van der Waals surface area (Å²) in [6.45, 7) is 10.0. The molecular weight excluding hydrogens is 206 g/mol. The van der Waals surface area contributed by atoms with Gasteiger partial charge in [0.2, 0.25) is 0 Å². The molecule has 1 aliphatic carbocycles. The number of benzene rings is 1. The first-order valence-electron chi connectivity index (χ1n) is 6.75. The average Bonchev–Trinajstić information content (AvgIpc) is 2.81. The Morgan fingerprint density at radius 2 is 1.76 bits per heavy atom. The van der Waals surface area contributed by atoms with E-state index in [2.05, 4.69) is 52.0 Å². The van der Waals surface area contributed by atoms with Crippen LogP contribution in [0.5, 0.6) is 0 Å². The van der Waals surface area contributed by atoms with Crippen LogP contribution in [0, 0.1) is 17.3 Å². The van der Waals surface area contributed by atoms with Gasteiger partial charge in [-0.05, 0) is 47.3 Å². The molecule has 2 rings (SSSR count). The van der Waals surface area contributed by atoms with E-state index in [1.165, 1.54) is 17.5 Å². The molecule has 0 unspecified atom stereocenters. The second-order valence-corrected chi connectivity index (χ2v) is 6.48. The number of hydrogen-bond donors (Lipinski definition) is 1. The zero-order valence-electron chi connectivity index (χ0n) is 11.5. The van der Waals surface area contributed by atoms with Crippen LogP contribution in [0.25, 0.3) is 0 Å². The van der Waals surface area contributed by atoms with Crippen molar-refractivity contribution in [2.24, 2.45) is 23.0 Å². The quantitative estimate of drug-likeness (QED) is 0.842. The highest BCUT2D eigenvalue weighted by atomic mass is 14.7. The van der Waals surface area contributed by atoms with E-state index in [4.69, 9.17) is 5.73 Å². The second kappa shape index (κ2) is 4.45. The lowest BCUT2D eigenvalue weighted by molar-refractivity contribution is 0.558. The topological polar surface area (TPSA) is 26.0 Å². The molecule has 1 fully saturated rings. The van der Waals surface area contributed by atoms with Gasteiger partial charge in [-0.3, -0.25) is 0 Å². The Morgan fingerprint density at radius 1 is 1.18 bits per heavy atom. The van der Waals surface area contributed by atoms with Gasteiger partial charge in [0.05, 0.1) is 0 Å². The fraction of sp³-hybridized carbons (Fsp3) is 0.625. The van der Waals surface area contributed by atoms with Crippen molar-refractivity contribution in [1.82, 2.24) is 0 Å². The summed E-state index contributed by atoms with van der Waals surface area (Å²) in [5, 5.41) is 0. The molecule has 0 spiro atoms. The first kappa shape index (κ1) is 12.6. The third-order valence-electron chi connectivity index (χ3n) is 4.29. The lowest BCUT2D eigenvalue weighted by atomic mass is 9.98. The van der Waals surface area contributed by atoms with Gasteiger partial charge in [0.15, 0.2) is 0 Å². The van der Waals surface area contributed by atoms with E-state index < -0.39 is 0 Å². The van der Waals surface area contributed by atoms with Crippen molar-refractivity contribution in [3.63, 3.8) is 0 Å². The Bertz CT molecular complexity index is 375. The summed E-state index contributed by atoms with van der Waals surface area (Å²) in [5.41, 5.74) is 9.15. The zero-order valence-corrected chi connectivity index (χ0v) is 11.5. The predicted octanol–water partition coefficient (Wildman–Crippen LogP) is 3.58. The van der Waals surface area contributed by atoms with Crippen LogP contribution in [0.2, 0.25) is 0 Å². The van der Waals surface area contributed by atoms with Crippen LogP contribution in [0.3, 0.4) is 0 Å². The van der Waals surface area contributed by atoms with Gasteiger partial charge in [0.1, 0.15) is 0 Å². The van der Waals surface area contributed by atoms with E-state index in [0.717, 1.165) is 12.5 Å². The number of hydrogen-bond acceptors (Lipinski definition) is 1. The maximum Gasteiger partial charge on any atom is -0.00375 e. The van der Waals surface area contributed by atoms with Crippen LogP contribution in [-0.2, 0) is 6.42 Å². The largest absolute Gasteiger partial charge is 0.330 e. The Labute approximate surface area is 105 Å². The van der Waals surface area contributed by atoms with Crippen LogP contribution in [0.4, 0.5) is 0 Å². The molecule has 17 heavy (non-hydrogen) atoms. The molecule has 1 nitrogen and oxygen atoms in total. The van der Waals surface area contributed by atoms with Crippen LogP contribution in [0.1, 0.15) is 44.7 Å². The lowest BCUT2D eigenvalue weighted by Gasteiger charge is -2.07. The molecule has 94 valence electrons. The Balaban J connectivity index is 2.09. The number of rotatable bonds is 4. The molecule has 0 saturated heterocycles. The minimum absolute atomic E-state index is 0.397. The highest BCUT2D eigenvalue weighted by Crippen LogP contribution is 2.63. The minimum Gasteiger partial charge on any atom is -0.330 e. The van der Waals surface area contributed by atoms with Crippen LogP contribution >= 0.6 is 0 Å². The van der Waals surface area contributed by atoms with Crippen molar-refractivity contribution in [2.45, 2.75) is 40.0 Å². The maximum atomic E-state index is 5.83. The van der Waals surface area contributed by atoms with E-state index in [9.17, 15) is 0 Å². The molecule has 0 radical (unpaired) electrons. The molecule has 0 aromatic heterocycles. The van der Waals surface area contributed by atoms with Crippen LogP contribution in [0.15, 0.2) is 24.3 Å². The molecule has 2 atom stereocenters.